The van der Waals surface area contributed by atoms with E-state index in [0.29, 0.717) is 0 Å². The molecule has 20 heavy (non-hydrogen) atoms. The Bertz CT molecular complexity index is 450. The third-order valence-corrected chi connectivity index (χ3v) is 4.41. The van der Waals surface area contributed by atoms with Crippen molar-refractivity contribution in [2.45, 2.75) is 38.6 Å². The van der Waals surface area contributed by atoms with Crippen LogP contribution in [0.25, 0.3) is 0 Å². The minimum atomic E-state index is 0.00190. The Labute approximate surface area is 122 Å². The van der Waals surface area contributed by atoms with Gasteiger partial charge in [0, 0.05) is 30.4 Å². The second-order valence-electron chi connectivity index (χ2n) is 6.47. The highest BCUT2D eigenvalue weighted by Gasteiger charge is 2.31. The molecule has 0 radical (unpaired) electrons. The van der Waals surface area contributed by atoms with E-state index in [1.807, 2.05) is 13.0 Å². The molecule has 110 valence electrons. The number of ether oxygens (including phenoxy) is 1. The van der Waals surface area contributed by atoms with Crippen LogP contribution in [0.5, 0.6) is 5.75 Å². The van der Waals surface area contributed by atoms with E-state index in [1.54, 1.807) is 7.11 Å². The van der Waals surface area contributed by atoms with E-state index in [1.165, 1.54) is 44.5 Å². The van der Waals surface area contributed by atoms with Crippen molar-refractivity contribution >= 4 is 5.69 Å². The molecule has 0 bridgehead atoms. The van der Waals surface area contributed by atoms with Gasteiger partial charge in [0.1, 0.15) is 5.75 Å². The van der Waals surface area contributed by atoms with Crippen LogP contribution in [0.4, 0.5) is 5.69 Å². The fourth-order valence-electron chi connectivity index (χ4n) is 2.94. The summed E-state index contributed by atoms with van der Waals surface area (Å²) >= 11 is 0. The van der Waals surface area contributed by atoms with E-state index in [4.69, 9.17) is 10.5 Å². The predicted octanol–water partition coefficient (Wildman–Crippen LogP) is 3.34. The van der Waals surface area contributed by atoms with Crippen LogP contribution < -0.4 is 15.4 Å². The van der Waals surface area contributed by atoms with Gasteiger partial charge in [0.2, 0.25) is 0 Å². The number of methoxy groups -OCH3 is 1. The number of hydrogen-bond donors (Lipinski definition) is 1. The minimum absolute atomic E-state index is 0.00190. The first kappa shape index (κ1) is 13.7. The van der Waals surface area contributed by atoms with Crippen LogP contribution in [-0.2, 0) is 0 Å². The van der Waals surface area contributed by atoms with Gasteiger partial charge >= 0.3 is 0 Å². The third kappa shape index (κ3) is 3.09. The molecule has 1 aromatic rings. The van der Waals surface area contributed by atoms with Crippen molar-refractivity contribution in [3.8, 4) is 5.75 Å². The van der Waals surface area contributed by atoms with Crippen LogP contribution in [-0.4, -0.2) is 20.2 Å². The average molecular weight is 274 g/mol. The highest BCUT2D eigenvalue weighted by molar-refractivity contribution is 5.61. The Morgan fingerprint density at radius 2 is 1.80 bits per heavy atom. The molecule has 2 fully saturated rings. The Balaban J connectivity index is 1.90. The molecule has 0 saturated heterocycles. The van der Waals surface area contributed by atoms with E-state index in [0.717, 1.165) is 23.1 Å². The van der Waals surface area contributed by atoms with Crippen molar-refractivity contribution in [2.24, 2.45) is 17.6 Å². The van der Waals surface area contributed by atoms with E-state index >= 15 is 0 Å². The lowest BCUT2D eigenvalue weighted by Crippen LogP contribution is -2.30. The van der Waals surface area contributed by atoms with Crippen molar-refractivity contribution in [2.75, 3.05) is 25.1 Å². The van der Waals surface area contributed by atoms with Gasteiger partial charge in [-0.1, -0.05) is 6.07 Å². The van der Waals surface area contributed by atoms with Gasteiger partial charge in [-0.3, -0.25) is 0 Å². The molecule has 0 aromatic heterocycles. The van der Waals surface area contributed by atoms with Crippen LogP contribution in [0, 0.1) is 11.8 Å². The van der Waals surface area contributed by atoms with E-state index in [-0.39, 0.29) is 6.04 Å². The summed E-state index contributed by atoms with van der Waals surface area (Å²) in [6, 6.07) is 6.33. The first-order valence-electron chi connectivity index (χ1n) is 7.86. The smallest absolute Gasteiger partial charge is 0.125 e. The quantitative estimate of drug-likeness (QED) is 0.828. The SMILES string of the molecule is COc1cccc(N(CC2CC2)CC2CC2)c1[C@@H](C)N. The second-order valence-corrected chi connectivity index (χ2v) is 6.47. The summed E-state index contributed by atoms with van der Waals surface area (Å²) in [5, 5.41) is 0. The summed E-state index contributed by atoms with van der Waals surface area (Å²) in [5.74, 6) is 2.70. The molecular formula is C17H26N2O. The molecule has 3 rings (SSSR count). The fourth-order valence-corrected chi connectivity index (χ4v) is 2.94. The van der Waals surface area contributed by atoms with Gasteiger partial charge in [0.15, 0.2) is 0 Å². The van der Waals surface area contributed by atoms with Gasteiger partial charge in [0.25, 0.3) is 0 Å². The molecule has 2 aliphatic carbocycles. The lowest BCUT2D eigenvalue weighted by molar-refractivity contribution is 0.406. The number of hydrogen-bond acceptors (Lipinski definition) is 3. The average Bonchev–Trinajstić information content (AvgIpc) is 3.32. The zero-order chi connectivity index (χ0) is 14.1. The molecule has 0 amide bonds. The van der Waals surface area contributed by atoms with Gasteiger partial charge in [-0.2, -0.15) is 0 Å². The van der Waals surface area contributed by atoms with E-state index < -0.39 is 0 Å². The first-order valence-corrected chi connectivity index (χ1v) is 7.86. The molecule has 0 heterocycles. The molecular weight excluding hydrogens is 248 g/mol. The maximum atomic E-state index is 6.21. The Morgan fingerprint density at radius 3 is 2.25 bits per heavy atom. The van der Waals surface area contributed by atoms with Crippen molar-refractivity contribution in [1.29, 1.82) is 0 Å². The molecule has 1 aromatic carbocycles. The maximum Gasteiger partial charge on any atom is 0.125 e. The summed E-state index contributed by atoms with van der Waals surface area (Å²) in [6.45, 7) is 4.42. The fraction of sp³-hybridized carbons (Fsp3) is 0.647. The third-order valence-electron chi connectivity index (χ3n) is 4.41. The number of benzene rings is 1. The van der Waals surface area contributed by atoms with Gasteiger partial charge in [0.05, 0.1) is 7.11 Å². The highest BCUT2D eigenvalue weighted by Crippen LogP contribution is 2.39. The summed E-state index contributed by atoms with van der Waals surface area (Å²) in [6.07, 6.45) is 5.55. The van der Waals surface area contributed by atoms with Crippen molar-refractivity contribution < 1.29 is 4.74 Å². The Hall–Kier alpha value is -1.22. The number of nitrogens with zero attached hydrogens (tertiary/aromatic N) is 1. The van der Waals surface area contributed by atoms with E-state index in [9.17, 15) is 0 Å². The highest BCUT2D eigenvalue weighted by atomic mass is 16.5. The molecule has 3 heteroatoms. The molecule has 3 nitrogen and oxygen atoms in total. The number of rotatable bonds is 7. The molecule has 2 N–H and O–H groups in total. The summed E-state index contributed by atoms with van der Waals surface area (Å²) in [5.41, 5.74) is 8.67. The molecule has 0 aliphatic heterocycles. The standard InChI is InChI=1S/C17H26N2O/c1-12(18)17-15(4-3-5-16(17)20-2)19(10-13-6-7-13)11-14-8-9-14/h3-5,12-14H,6-11,18H2,1-2H3/t12-/m1/s1. The normalized spacial score (nSPS) is 19.8. The molecule has 0 unspecified atom stereocenters. The van der Waals surface area contributed by atoms with Crippen LogP contribution in [0.1, 0.15) is 44.2 Å². The van der Waals surface area contributed by atoms with Gasteiger partial charge < -0.3 is 15.4 Å². The first-order chi connectivity index (χ1) is 9.69. The Morgan fingerprint density at radius 1 is 1.20 bits per heavy atom. The van der Waals surface area contributed by atoms with Crippen LogP contribution >= 0.6 is 0 Å². The second kappa shape index (κ2) is 5.65. The predicted molar refractivity (Wildman–Crippen MR) is 83.3 cm³/mol. The van der Waals surface area contributed by atoms with Gasteiger partial charge in [-0.05, 0) is 56.6 Å². The van der Waals surface area contributed by atoms with Gasteiger partial charge in [-0.15, -0.1) is 0 Å². The van der Waals surface area contributed by atoms with Crippen molar-refractivity contribution in [3.63, 3.8) is 0 Å². The zero-order valence-corrected chi connectivity index (χ0v) is 12.6. The molecule has 1 atom stereocenters. The lowest BCUT2D eigenvalue weighted by atomic mass is 10.0. The van der Waals surface area contributed by atoms with Crippen LogP contribution in [0.2, 0.25) is 0 Å². The summed E-state index contributed by atoms with van der Waals surface area (Å²) in [4.78, 5) is 2.57. The molecule has 2 aliphatic rings. The zero-order valence-electron chi connectivity index (χ0n) is 12.6. The van der Waals surface area contributed by atoms with Crippen molar-refractivity contribution in [3.05, 3.63) is 23.8 Å². The maximum absolute atomic E-state index is 6.21. The topological polar surface area (TPSA) is 38.5 Å². The largest absolute Gasteiger partial charge is 0.496 e. The monoisotopic (exact) mass is 274 g/mol. The van der Waals surface area contributed by atoms with Crippen molar-refractivity contribution in [1.82, 2.24) is 0 Å². The minimum Gasteiger partial charge on any atom is -0.496 e. The van der Waals surface area contributed by atoms with E-state index in [2.05, 4.69) is 17.0 Å². The number of anilines is 1. The lowest BCUT2D eigenvalue weighted by Gasteiger charge is -2.29. The number of nitrogens with two attached hydrogens (primary N) is 1. The molecule has 0 spiro atoms. The van der Waals surface area contributed by atoms with Crippen LogP contribution in [0.3, 0.4) is 0 Å². The van der Waals surface area contributed by atoms with Gasteiger partial charge in [-0.25, -0.2) is 0 Å². The Kier molecular flexibility index (Phi) is 3.88. The van der Waals surface area contributed by atoms with Crippen LogP contribution in [0.15, 0.2) is 18.2 Å². The molecule has 2 saturated carbocycles. The summed E-state index contributed by atoms with van der Waals surface area (Å²) < 4.78 is 5.53. The summed E-state index contributed by atoms with van der Waals surface area (Å²) in [7, 11) is 1.73.